The van der Waals surface area contributed by atoms with Crippen LogP contribution in [0.1, 0.15) is 45.6 Å². The number of methoxy groups -OCH3 is 1. The topological polar surface area (TPSA) is 40.0 Å². The molecule has 4 atom stereocenters. The molecule has 1 fully saturated rings. The zero-order valence-corrected chi connectivity index (χ0v) is 15.6. The van der Waals surface area contributed by atoms with Crippen LogP contribution in [-0.2, 0) is 9.57 Å². The summed E-state index contributed by atoms with van der Waals surface area (Å²) in [5.74, 6) is 2.77. The third kappa shape index (κ3) is 4.43. The summed E-state index contributed by atoms with van der Waals surface area (Å²) in [6.07, 6.45) is 7.43. The predicted octanol–water partition coefficient (Wildman–Crippen LogP) is 4.79. The van der Waals surface area contributed by atoms with Crippen molar-refractivity contribution in [1.29, 1.82) is 0 Å². The largest absolute Gasteiger partial charge is 0.497 e. The SMILES string of the molecule is COc1ccc(C2=NO[C@H](O[C@@H]3C[C@H](C)CC[C@H]3C(C)C)C=C2)cc1. The molecule has 136 valence electrons. The number of oxime groups is 1. The lowest BCUT2D eigenvalue weighted by atomic mass is 9.75. The van der Waals surface area contributed by atoms with E-state index in [4.69, 9.17) is 14.3 Å². The molecule has 4 heteroatoms. The minimum atomic E-state index is -0.390. The summed E-state index contributed by atoms with van der Waals surface area (Å²) < 4.78 is 11.4. The highest BCUT2D eigenvalue weighted by Crippen LogP contribution is 2.36. The van der Waals surface area contributed by atoms with Crippen LogP contribution < -0.4 is 4.74 Å². The number of benzene rings is 1. The molecule has 0 aromatic heterocycles. The van der Waals surface area contributed by atoms with Gasteiger partial charge in [-0.25, -0.2) is 0 Å². The summed E-state index contributed by atoms with van der Waals surface area (Å²) >= 11 is 0. The van der Waals surface area contributed by atoms with Crippen LogP contribution in [0.15, 0.2) is 41.6 Å². The van der Waals surface area contributed by atoms with E-state index in [2.05, 4.69) is 25.9 Å². The van der Waals surface area contributed by atoms with Crippen LogP contribution in [0.3, 0.4) is 0 Å². The molecule has 1 aromatic carbocycles. The molecule has 1 heterocycles. The van der Waals surface area contributed by atoms with Crippen molar-refractivity contribution in [2.75, 3.05) is 7.11 Å². The molecule has 1 saturated carbocycles. The van der Waals surface area contributed by atoms with Gasteiger partial charge in [0.05, 0.1) is 13.2 Å². The van der Waals surface area contributed by atoms with Crippen molar-refractivity contribution in [1.82, 2.24) is 0 Å². The second-order valence-electron chi connectivity index (χ2n) is 7.54. The summed E-state index contributed by atoms with van der Waals surface area (Å²) in [6.45, 7) is 6.88. The molecule has 0 amide bonds. The Morgan fingerprint density at radius 3 is 2.52 bits per heavy atom. The van der Waals surface area contributed by atoms with Crippen LogP contribution in [0.4, 0.5) is 0 Å². The van der Waals surface area contributed by atoms with E-state index in [1.54, 1.807) is 7.11 Å². The Balaban J connectivity index is 1.61. The zero-order chi connectivity index (χ0) is 17.8. The van der Waals surface area contributed by atoms with Gasteiger partial charge in [0.1, 0.15) is 11.5 Å². The molecule has 25 heavy (non-hydrogen) atoms. The Hall–Kier alpha value is -1.81. The van der Waals surface area contributed by atoms with Crippen molar-refractivity contribution in [3.8, 4) is 5.75 Å². The van der Waals surface area contributed by atoms with Crippen LogP contribution in [0.5, 0.6) is 5.75 Å². The van der Waals surface area contributed by atoms with E-state index >= 15 is 0 Å². The molecule has 1 aliphatic carbocycles. The minimum Gasteiger partial charge on any atom is -0.497 e. The smallest absolute Gasteiger partial charge is 0.246 e. The Morgan fingerprint density at radius 1 is 1.16 bits per heavy atom. The first-order chi connectivity index (χ1) is 12.1. The monoisotopic (exact) mass is 343 g/mol. The summed E-state index contributed by atoms with van der Waals surface area (Å²) in [5.41, 5.74) is 1.81. The fourth-order valence-electron chi connectivity index (χ4n) is 3.77. The van der Waals surface area contributed by atoms with Crippen molar-refractivity contribution in [3.05, 3.63) is 42.0 Å². The molecule has 0 saturated heterocycles. The molecule has 0 bridgehead atoms. The van der Waals surface area contributed by atoms with Gasteiger partial charge in [-0.1, -0.05) is 32.3 Å². The summed E-state index contributed by atoms with van der Waals surface area (Å²) in [5, 5.41) is 4.26. The van der Waals surface area contributed by atoms with Gasteiger partial charge in [0.2, 0.25) is 6.29 Å². The number of hydrogen-bond donors (Lipinski definition) is 0. The van der Waals surface area contributed by atoms with Gasteiger partial charge in [0.25, 0.3) is 0 Å². The first-order valence-corrected chi connectivity index (χ1v) is 9.28. The van der Waals surface area contributed by atoms with Crippen molar-refractivity contribution in [2.45, 2.75) is 52.4 Å². The van der Waals surface area contributed by atoms with E-state index < -0.39 is 6.29 Å². The highest BCUT2D eigenvalue weighted by Gasteiger charge is 2.33. The molecule has 0 unspecified atom stereocenters. The second-order valence-corrected chi connectivity index (χ2v) is 7.54. The van der Waals surface area contributed by atoms with Crippen molar-refractivity contribution in [3.63, 3.8) is 0 Å². The maximum absolute atomic E-state index is 6.26. The fourth-order valence-corrected chi connectivity index (χ4v) is 3.77. The average molecular weight is 343 g/mol. The van der Waals surface area contributed by atoms with Gasteiger partial charge in [-0.05, 0) is 67.0 Å². The van der Waals surface area contributed by atoms with E-state index in [0.717, 1.165) is 23.4 Å². The highest BCUT2D eigenvalue weighted by molar-refractivity contribution is 6.08. The number of nitrogens with zero attached hydrogens (tertiary/aromatic N) is 1. The standard InChI is InChI=1S/C21H29NO3/c1-14(2)18-10-5-15(3)13-20(18)24-21-12-11-19(22-25-21)16-6-8-17(23-4)9-7-16/h6-9,11-12,14-15,18,20-21H,5,10,13H2,1-4H3/t15-,18+,20-,21+/m1/s1. The first-order valence-electron chi connectivity index (χ1n) is 9.28. The van der Waals surface area contributed by atoms with Gasteiger partial charge in [-0.2, -0.15) is 0 Å². The molecule has 1 aromatic rings. The summed E-state index contributed by atoms with van der Waals surface area (Å²) in [4.78, 5) is 5.62. The van der Waals surface area contributed by atoms with Gasteiger partial charge in [0.15, 0.2) is 0 Å². The van der Waals surface area contributed by atoms with E-state index in [9.17, 15) is 0 Å². The minimum absolute atomic E-state index is 0.246. The molecule has 1 aliphatic heterocycles. The van der Waals surface area contributed by atoms with Crippen molar-refractivity contribution < 1.29 is 14.3 Å². The number of allylic oxidation sites excluding steroid dienone is 1. The third-order valence-corrected chi connectivity index (χ3v) is 5.32. The predicted molar refractivity (Wildman–Crippen MR) is 99.8 cm³/mol. The number of hydrogen-bond acceptors (Lipinski definition) is 4. The van der Waals surface area contributed by atoms with Crippen LogP contribution in [0, 0.1) is 17.8 Å². The van der Waals surface area contributed by atoms with Crippen LogP contribution in [0.2, 0.25) is 0 Å². The zero-order valence-electron chi connectivity index (χ0n) is 15.6. The van der Waals surface area contributed by atoms with Crippen molar-refractivity contribution >= 4 is 5.71 Å². The average Bonchev–Trinajstić information content (AvgIpc) is 2.62. The molecule has 3 rings (SSSR count). The van der Waals surface area contributed by atoms with Gasteiger partial charge < -0.3 is 14.3 Å². The number of rotatable bonds is 5. The Bertz CT molecular complexity index is 621. The van der Waals surface area contributed by atoms with Gasteiger partial charge >= 0.3 is 0 Å². The lowest BCUT2D eigenvalue weighted by Gasteiger charge is -2.38. The molecule has 0 N–H and O–H groups in total. The van der Waals surface area contributed by atoms with E-state index in [-0.39, 0.29) is 6.10 Å². The Morgan fingerprint density at radius 2 is 1.92 bits per heavy atom. The van der Waals surface area contributed by atoms with E-state index in [1.807, 2.05) is 36.4 Å². The Labute approximate surface area is 150 Å². The maximum Gasteiger partial charge on any atom is 0.246 e. The molecular formula is C21H29NO3. The number of ether oxygens (including phenoxy) is 2. The molecular weight excluding hydrogens is 314 g/mol. The molecule has 2 aliphatic rings. The first kappa shape index (κ1) is 18.0. The summed E-state index contributed by atoms with van der Waals surface area (Å²) in [6, 6.07) is 7.80. The van der Waals surface area contributed by atoms with Gasteiger partial charge in [-0.3, -0.25) is 0 Å². The van der Waals surface area contributed by atoms with E-state index in [1.165, 1.54) is 12.8 Å². The normalized spacial score (nSPS) is 29.2. The molecule has 0 spiro atoms. The maximum atomic E-state index is 6.26. The summed E-state index contributed by atoms with van der Waals surface area (Å²) in [7, 11) is 1.66. The van der Waals surface area contributed by atoms with Crippen molar-refractivity contribution in [2.24, 2.45) is 22.9 Å². The quantitative estimate of drug-likeness (QED) is 0.772. The third-order valence-electron chi connectivity index (χ3n) is 5.32. The Kier molecular flexibility index (Phi) is 5.79. The van der Waals surface area contributed by atoms with Gasteiger partial charge in [0, 0.05) is 5.56 Å². The van der Waals surface area contributed by atoms with Crippen LogP contribution in [-0.4, -0.2) is 25.2 Å². The van der Waals surface area contributed by atoms with Crippen LogP contribution in [0.25, 0.3) is 0 Å². The highest BCUT2D eigenvalue weighted by atomic mass is 16.8. The fraction of sp³-hybridized carbons (Fsp3) is 0.571. The molecule has 4 nitrogen and oxygen atoms in total. The molecule has 0 radical (unpaired) electrons. The second kappa shape index (κ2) is 8.05. The van der Waals surface area contributed by atoms with E-state index in [0.29, 0.717) is 17.8 Å². The lowest BCUT2D eigenvalue weighted by Crippen LogP contribution is -2.37. The van der Waals surface area contributed by atoms with Gasteiger partial charge in [-0.15, -0.1) is 0 Å². The van der Waals surface area contributed by atoms with Crippen LogP contribution >= 0.6 is 0 Å². The lowest BCUT2D eigenvalue weighted by molar-refractivity contribution is -0.172.